The number of ether oxygens (including phenoxy) is 1. The van der Waals surface area contributed by atoms with E-state index in [0.29, 0.717) is 43.9 Å². The zero-order valence-electron chi connectivity index (χ0n) is 20.8. The Morgan fingerprint density at radius 1 is 0.886 bits per heavy atom. The molecule has 0 saturated heterocycles. The number of benzene rings is 1. The van der Waals surface area contributed by atoms with Gasteiger partial charge >= 0.3 is 0 Å². The van der Waals surface area contributed by atoms with Crippen LogP contribution in [0.4, 0.5) is 5.69 Å². The third kappa shape index (κ3) is 10.3. The van der Waals surface area contributed by atoms with Gasteiger partial charge in [0, 0.05) is 55.7 Å². The van der Waals surface area contributed by atoms with E-state index in [2.05, 4.69) is 21.3 Å². The van der Waals surface area contributed by atoms with E-state index in [4.69, 9.17) is 4.74 Å². The molecule has 1 aromatic rings. The summed E-state index contributed by atoms with van der Waals surface area (Å²) in [4.78, 5) is 48.4. The molecule has 2 rings (SSSR count). The maximum atomic E-state index is 12.8. The molecule has 35 heavy (non-hydrogen) atoms. The fourth-order valence-electron chi connectivity index (χ4n) is 3.78. The highest BCUT2D eigenvalue weighted by molar-refractivity contribution is 6.09. The Balaban J connectivity index is 1.65. The van der Waals surface area contributed by atoms with Crippen molar-refractivity contribution in [2.45, 2.75) is 58.3 Å². The van der Waals surface area contributed by atoms with Crippen molar-refractivity contribution in [1.29, 1.82) is 0 Å². The van der Waals surface area contributed by atoms with E-state index >= 15 is 0 Å². The largest absolute Gasteiger partial charge is 0.391 e. The standard InChI is InChI=1S/C26H38N4O5/c1-3-14-28-23(31)9-6-16-35-17-15-29-24(32)18-25(33)30-20-12-10-19(11-13-20)26(34)21-7-4-5-8-22(21)27-2/h10-13,27H,3-9,14-18H2,1-2H3,(H,28,31)(H,29,32)(H,30,33). The lowest BCUT2D eigenvalue weighted by molar-refractivity contribution is -0.127. The van der Waals surface area contributed by atoms with Gasteiger partial charge < -0.3 is 26.0 Å². The summed E-state index contributed by atoms with van der Waals surface area (Å²) in [5.41, 5.74) is 2.93. The summed E-state index contributed by atoms with van der Waals surface area (Å²) in [6.45, 7) is 3.71. The van der Waals surface area contributed by atoms with Gasteiger partial charge in [-0.25, -0.2) is 0 Å². The van der Waals surface area contributed by atoms with Crippen LogP contribution in [0, 0.1) is 0 Å². The molecule has 0 atom stereocenters. The van der Waals surface area contributed by atoms with Crippen molar-refractivity contribution in [3.8, 4) is 0 Å². The second kappa shape index (κ2) is 15.7. The zero-order valence-corrected chi connectivity index (χ0v) is 20.8. The highest BCUT2D eigenvalue weighted by atomic mass is 16.5. The highest BCUT2D eigenvalue weighted by Gasteiger charge is 2.20. The molecule has 0 radical (unpaired) electrons. The maximum Gasteiger partial charge on any atom is 0.233 e. The number of anilines is 1. The fourth-order valence-corrected chi connectivity index (χ4v) is 3.78. The summed E-state index contributed by atoms with van der Waals surface area (Å²) in [5.74, 6) is -0.817. The van der Waals surface area contributed by atoms with Gasteiger partial charge in [-0.05, 0) is 62.8 Å². The Bertz CT molecular complexity index is 896. The van der Waals surface area contributed by atoms with Crippen molar-refractivity contribution >= 4 is 29.2 Å². The van der Waals surface area contributed by atoms with Gasteiger partial charge in [0.1, 0.15) is 6.42 Å². The number of ketones is 1. The van der Waals surface area contributed by atoms with Crippen molar-refractivity contribution in [3.05, 3.63) is 41.1 Å². The average Bonchev–Trinajstić information content (AvgIpc) is 2.86. The van der Waals surface area contributed by atoms with Crippen LogP contribution in [0.1, 0.15) is 68.6 Å². The van der Waals surface area contributed by atoms with Crippen LogP contribution in [0.15, 0.2) is 35.5 Å². The molecule has 0 heterocycles. The first-order valence-corrected chi connectivity index (χ1v) is 12.4. The maximum absolute atomic E-state index is 12.8. The Hall–Kier alpha value is -3.20. The van der Waals surface area contributed by atoms with Crippen LogP contribution in [0.2, 0.25) is 0 Å². The molecule has 0 aromatic heterocycles. The number of Topliss-reactive ketones (excluding diaryl/α,β-unsaturated/α-hetero) is 1. The van der Waals surface area contributed by atoms with Gasteiger partial charge in [-0.3, -0.25) is 19.2 Å². The normalized spacial score (nSPS) is 13.2. The number of rotatable bonds is 15. The number of allylic oxidation sites excluding steroid dienone is 2. The van der Waals surface area contributed by atoms with Gasteiger partial charge in [0.25, 0.3) is 0 Å². The molecule has 1 aliphatic rings. The zero-order chi connectivity index (χ0) is 25.5. The monoisotopic (exact) mass is 486 g/mol. The van der Waals surface area contributed by atoms with Gasteiger partial charge in [0.2, 0.25) is 17.7 Å². The van der Waals surface area contributed by atoms with Gasteiger partial charge in [-0.2, -0.15) is 0 Å². The van der Waals surface area contributed by atoms with E-state index in [9.17, 15) is 19.2 Å². The Morgan fingerprint density at radius 3 is 2.31 bits per heavy atom. The summed E-state index contributed by atoms with van der Waals surface area (Å²) in [7, 11) is 1.84. The van der Waals surface area contributed by atoms with Crippen molar-refractivity contribution in [2.75, 3.05) is 38.7 Å². The molecule has 4 N–H and O–H groups in total. The molecular formula is C26H38N4O5. The molecule has 0 fully saturated rings. The number of carbonyl (C=O) groups excluding carboxylic acids is 4. The van der Waals surface area contributed by atoms with E-state index in [1.807, 2.05) is 14.0 Å². The summed E-state index contributed by atoms with van der Waals surface area (Å²) >= 11 is 0. The fraction of sp³-hybridized carbons (Fsp3) is 0.538. The van der Waals surface area contributed by atoms with E-state index in [1.54, 1.807) is 24.3 Å². The molecule has 9 nitrogen and oxygen atoms in total. The first kappa shape index (κ1) is 28.0. The average molecular weight is 487 g/mol. The van der Waals surface area contributed by atoms with Crippen molar-refractivity contribution in [3.63, 3.8) is 0 Å². The molecular weight excluding hydrogens is 448 g/mol. The van der Waals surface area contributed by atoms with E-state index in [0.717, 1.165) is 43.4 Å². The van der Waals surface area contributed by atoms with Crippen molar-refractivity contribution < 1.29 is 23.9 Å². The first-order valence-electron chi connectivity index (χ1n) is 12.4. The van der Waals surface area contributed by atoms with E-state index < -0.39 is 11.8 Å². The minimum atomic E-state index is -0.437. The lowest BCUT2D eigenvalue weighted by Gasteiger charge is -2.19. The summed E-state index contributed by atoms with van der Waals surface area (Å²) < 4.78 is 5.40. The third-order valence-corrected chi connectivity index (χ3v) is 5.63. The summed E-state index contributed by atoms with van der Waals surface area (Å²) in [5, 5.41) is 11.3. The molecule has 0 aliphatic heterocycles. The molecule has 9 heteroatoms. The van der Waals surface area contributed by atoms with Gasteiger partial charge in [0.15, 0.2) is 5.78 Å². The Morgan fingerprint density at radius 2 is 1.60 bits per heavy atom. The van der Waals surface area contributed by atoms with Crippen LogP contribution in [0.3, 0.4) is 0 Å². The van der Waals surface area contributed by atoms with Crippen LogP contribution in [-0.4, -0.2) is 56.9 Å². The topological polar surface area (TPSA) is 126 Å². The molecule has 3 amide bonds. The smallest absolute Gasteiger partial charge is 0.233 e. The van der Waals surface area contributed by atoms with Gasteiger partial charge in [-0.1, -0.05) is 6.92 Å². The van der Waals surface area contributed by atoms with E-state index in [1.165, 1.54) is 0 Å². The summed E-state index contributed by atoms with van der Waals surface area (Å²) in [6.07, 6.45) is 5.37. The van der Waals surface area contributed by atoms with Gasteiger partial charge in [0.05, 0.1) is 6.61 Å². The lowest BCUT2D eigenvalue weighted by Crippen LogP contribution is -2.30. The van der Waals surface area contributed by atoms with E-state index in [-0.39, 0.29) is 24.7 Å². The molecule has 0 unspecified atom stereocenters. The minimum Gasteiger partial charge on any atom is -0.391 e. The second-order valence-corrected chi connectivity index (χ2v) is 8.46. The van der Waals surface area contributed by atoms with Crippen LogP contribution in [0.5, 0.6) is 0 Å². The molecule has 0 saturated carbocycles. The molecule has 192 valence electrons. The third-order valence-electron chi connectivity index (χ3n) is 5.63. The Labute approximate surface area is 207 Å². The SMILES string of the molecule is CCCNC(=O)CCCOCCNC(=O)CC(=O)Nc1ccc(C(=O)C2=C(NC)CCCC2)cc1. The lowest BCUT2D eigenvalue weighted by atomic mass is 9.90. The number of amides is 3. The predicted octanol–water partition coefficient (Wildman–Crippen LogP) is 2.68. The molecule has 0 bridgehead atoms. The number of hydrogen-bond donors (Lipinski definition) is 4. The molecule has 0 spiro atoms. The van der Waals surface area contributed by atoms with Crippen LogP contribution >= 0.6 is 0 Å². The molecule has 1 aromatic carbocycles. The number of hydrogen-bond acceptors (Lipinski definition) is 6. The van der Waals surface area contributed by atoms with Crippen molar-refractivity contribution in [2.24, 2.45) is 0 Å². The second-order valence-electron chi connectivity index (χ2n) is 8.46. The van der Waals surface area contributed by atoms with Crippen LogP contribution in [0.25, 0.3) is 0 Å². The quantitative estimate of drug-likeness (QED) is 0.172. The number of nitrogens with one attached hydrogen (secondary N) is 4. The first-order chi connectivity index (χ1) is 16.9. The van der Waals surface area contributed by atoms with Crippen molar-refractivity contribution in [1.82, 2.24) is 16.0 Å². The molecule has 1 aliphatic carbocycles. The highest BCUT2D eigenvalue weighted by Crippen LogP contribution is 2.26. The summed E-state index contributed by atoms with van der Waals surface area (Å²) in [6, 6.07) is 6.72. The van der Waals surface area contributed by atoms with Gasteiger partial charge in [-0.15, -0.1) is 0 Å². The predicted molar refractivity (Wildman–Crippen MR) is 135 cm³/mol. The van der Waals surface area contributed by atoms with Crippen LogP contribution in [-0.2, 0) is 19.1 Å². The number of carbonyl (C=O) groups is 4. The Kier molecular flexibility index (Phi) is 12.5. The van der Waals surface area contributed by atoms with Crippen LogP contribution < -0.4 is 21.3 Å². The minimum absolute atomic E-state index is 0.00767.